The third-order valence-electron chi connectivity index (χ3n) is 3.56. The molecule has 2 rings (SSSR count). The lowest BCUT2D eigenvalue weighted by Gasteiger charge is -2.18. The maximum absolute atomic E-state index is 5.87. The Morgan fingerprint density at radius 3 is 2.73 bits per heavy atom. The average molecular weight is 301 g/mol. The van der Waals surface area contributed by atoms with Gasteiger partial charge in [-0.05, 0) is 24.1 Å². The lowest BCUT2D eigenvalue weighted by Crippen LogP contribution is -2.37. The Hall–Kier alpha value is -2.11. The molecular weight excluding hydrogens is 278 g/mol. The number of nitrogens with one attached hydrogen (secondary N) is 1. The zero-order chi connectivity index (χ0) is 15.8. The third-order valence-corrected chi connectivity index (χ3v) is 3.56. The molecule has 0 spiro atoms. The van der Waals surface area contributed by atoms with Crippen LogP contribution in [0.1, 0.15) is 11.1 Å². The minimum absolute atomic E-state index is 0.191. The standard InChI is InChI=1S/C17H23N3O2/c1-21-16-6-5-14(17(9-16)22-2)12-20-15(10-18)8-13-4-3-7-19-11-13/h3-7,9,11,15,20H,8,10,12,18H2,1-2H3. The lowest BCUT2D eigenvalue weighted by atomic mass is 10.1. The number of nitrogens with zero attached hydrogens (tertiary/aromatic N) is 1. The molecule has 0 bridgehead atoms. The molecule has 0 saturated heterocycles. The molecule has 1 unspecified atom stereocenters. The number of ether oxygens (including phenoxy) is 2. The highest BCUT2D eigenvalue weighted by atomic mass is 16.5. The highest BCUT2D eigenvalue weighted by molar-refractivity contribution is 5.40. The normalized spacial score (nSPS) is 12.0. The van der Waals surface area contributed by atoms with E-state index in [1.54, 1.807) is 20.4 Å². The smallest absolute Gasteiger partial charge is 0.127 e. The van der Waals surface area contributed by atoms with Crippen LogP contribution in [0.15, 0.2) is 42.7 Å². The van der Waals surface area contributed by atoms with Crippen LogP contribution < -0.4 is 20.5 Å². The van der Waals surface area contributed by atoms with E-state index in [1.807, 2.05) is 30.5 Å². The second kappa shape index (κ2) is 8.36. The first-order valence-corrected chi connectivity index (χ1v) is 7.30. The van der Waals surface area contributed by atoms with Crippen molar-refractivity contribution in [2.24, 2.45) is 5.73 Å². The highest BCUT2D eigenvalue weighted by Gasteiger charge is 2.10. The van der Waals surface area contributed by atoms with E-state index in [4.69, 9.17) is 15.2 Å². The van der Waals surface area contributed by atoms with Gasteiger partial charge in [0.25, 0.3) is 0 Å². The average Bonchev–Trinajstić information content (AvgIpc) is 2.59. The van der Waals surface area contributed by atoms with E-state index < -0.39 is 0 Å². The van der Waals surface area contributed by atoms with Crippen molar-refractivity contribution >= 4 is 0 Å². The molecular formula is C17H23N3O2. The van der Waals surface area contributed by atoms with Crippen molar-refractivity contribution < 1.29 is 9.47 Å². The minimum Gasteiger partial charge on any atom is -0.497 e. The van der Waals surface area contributed by atoms with Gasteiger partial charge in [-0.2, -0.15) is 0 Å². The highest BCUT2D eigenvalue weighted by Crippen LogP contribution is 2.24. The molecule has 0 aliphatic carbocycles. The van der Waals surface area contributed by atoms with Crippen LogP contribution in [0, 0.1) is 0 Å². The number of benzene rings is 1. The van der Waals surface area contributed by atoms with Crippen molar-refractivity contribution in [1.29, 1.82) is 0 Å². The van der Waals surface area contributed by atoms with Crippen LogP contribution in [0.4, 0.5) is 0 Å². The Morgan fingerprint density at radius 2 is 2.09 bits per heavy atom. The number of methoxy groups -OCH3 is 2. The fourth-order valence-electron chi connectivity index (χ4n) is 2.29. The summed E-state index contributed by atoms with van der Waals surface area (Å²) in [6.07, 6.45) is 4.50. The summed E-state index contributed by atoms with van der Waals surface area (Å²) in [5, 5.41) is 3.47. The van der Waals surface area contributed by atoms with Crippen molar-refractivity contribution in [3.05, 3.63) is 53.9 Å². The Bertz CT molecular complexity index is 575. The first-order chi connectivity index (χ1) is 10.8. The van der Waals surface area contributed by atoms with Gasteiger partial charge in [0.15, 0.2) is 0 Å². The molecule has 0 radical (unpaired) electrons. The van der Waals surface area contributed by atoms with Gasteiger partial charge >= 0.3 is 0 Å². The zero-order valence-corrected chi connectivity index (χ0v) is 13.1. The predicted molar refractivity (Wildman–Crippen MR) is 87.2 cm³/mol. The fraction of sp³-hybridized carbons (Fsp3) is 0.353. The second-order valence-corrected chi connectivity index (χ2v) is 5.06. The van der Waals surface area contributed by atoms with Crippen molar-refractivity contribution in [3.8, 4) is 11.5 Å². The van der Waals surface area contributed by atoms with Crippen molar-refractivity contribution in [3.63, 3.8) is 0 Å². The third kappa shape index (κ3) is 4.44. The largest absolute Gasteiger partial charge is 0.497 e. The van der Waals surface area contributed by atoms with E-state index in [9.17, 15) is 0 Å². The van der Waals surface area contributed by atoms with Gasteiger partial charge in [0, 0.05) is 43.2 Å². The van der Waals surface area contributed by atoms with E-state index in [0.29, 0.717) is 13.1 Å². The molecule has 1 aromatic carbocycles. The molecule has 5 nitrogen and oxygen atoms in total. The summed E-state index contributed by atoms with van der Waals surface area (Å²) in [7, 11) is 3.30. The Labute approximate surface area is 131 Å². The Kier molecular flexibility index (Phi) is 6.18. The topological polar surface area (TPSA) is 69.4 Å². The molecule has 0 saturated carbocycles. The first-order valence-electron chi connectivity index (χ1n) is 7.30. The van der Waals surface area contributed by atoms with Gasteiger partial charge in [-0.3, -0.25) is 4.98 Å². The van der Waals surface area contributed by atoms with Gasteiger partial charge in [0.1, 0.15) is 11.5 Å². The van der Waals surface area contributed by atoms with E-state index >= 15 is 0 Å². The van der Waals surface area contributed by atoms with Crippen LogP contribution in [0.5, 0.6) is 11.5 Å². The molecule has 118 valence electrons. The van der Waals surface area contributed by atoms with Crippen LogP contribution in [-0.4, -0.2) is 31.8 Å². The molecule has 3 N–H and O–H groups in total. The number of aromatic nitrogens is 1. The number of rotatable bonds is 8. The monoisotopic (exact) mass is 301 g/mol. The summed E-state index contributed by atoms with van der Waals surface area (Å²) in [6, 6.07) is 10.0. The molecule has 2 aromatic rings. The molecule has 0 amide bonds. The summed E-state index contributed by atoms with van der Waals surface area (Å²) in [5.41, 5.74) is 8.12. The zero-order valence-electron chi connectivity index (χ0n) is 13.1. The van der Waals surface area contributed by atoms with Gasteiger partial charge in [0.2, 0.25) is 0 Å². The molecule has 0 aliphatic rings. The molecule has 1 aromatic heterocycles. The summed E-state index contributed by atoms with van der Waals surface area (Å²) in [6.45, 7) is 1.25. The first kappa shape index (κ1) is 16.3. The van der Waals surface area contributed by atoms with Crippen LogP contribution >= 0.6 is 0 Å². The Morgan fingerprint density at radius 1 is 1.23 bits per heavy atom. The maximum atomic E-state index is 5.87. The summed E-state index contributed by atoms with van der Waals surface area (Å²) in [4.78, 5) is 4.13. The molecule has 5 heteroatoms. The van der Waals surface area contributed by atoms with Gasteiger partial charge in [-0.1, -0.05) is 12.1 Å². The van der Waals surface area contributed by atoms with E-state index in [1.165, 1.54) is 5.56 Å². The number of nitrogens with two attached hydrogens (primary N) is 1. The number of pyridine rings is 1. The Balaban J connectivity index is 1.98. The van der Waals surface area contributed by atoms with Crippen LogP contribution in [0.3, 0.4) is 0 Å². The van der Waals surface area contributed by atoms with Crippen LogP contribution in [0.2, 0.25) is 0 Å². The molecule has 22 heavy (non-hydrogen) atoms. The van der Waals surface area contributed by atoms with E-state index in [2.05, 4.69) is 16.4 Å². The molecule has 0 aliphatic heterocycles. The lowest BCUT2D eigenvalue weighted by molar-refractivity contribution is 0.388. The molecule has 1 atom stereocenters. The minimum atomic E-state index is 0.191. The van der Waals surface area contributed by atoms with Gasteiger partial charge in [0.05, 0.1) is 14.2 Å². The fourth-order valence-corrected chi connectivity index (χ4v) is 2.29. The summed E-state index contributed by atoms with van der Waals surface area (Å²) < 4.78 is 10.6. The number of hydrogen-bond acceptors (Lipinski definition) is 5. The van der Waals surface area contributed by atoms with Gasteiger partial charge < -0.3 is 20.5 Å². The maximum Gasteiger partial charge on any atom is 0.127 e. The summed E-state index contributed by atoms with van der Waals surface area (Å²) >= 11 is 0. The second-order valence-electron chi connectivity index (χ2n) is 5.06. The predicted octanol–water partition coefficient (Wildman–Crippen LogP) is 1.76. The van der Waals surface area contributed by atoms with Crippen molar-refractivity contribution in [2.75, 3.05) is 20.8 Å². The van der Waals surface area contributed by atoms with Gasteiger partial charge in [-0.25, -0.2) is 0 Å². The van der Waals surface area contributed by atoms with E-state index in [0.717, 1.165) is 23.5 Å². The quantitative estimate of drug-likeness (QED) is 0.777. The van der Waals surface area contributed by atoms with Gasteiger partial charge in [-0.15, -0.1) is 0 Å². The van der Waals surface area contributed by atoms with E-state index in [-0.39, 0.29) is 6.04 Å². The van der Waals surface area contributed by atoms with Crippen molar-refractivity contribution in [2.45, 2.75) is 19.0 Å². The number of hydrogen-bond donors (Lipinski definition) is 2. The van der Waals surface area contributed by atoms with Crippen LogP contribution in [-0.2, 0) is 13.0 Å². The van der Waals surface area contributed by atoms with Crippen LogP contribution in [0.25, 0.3) is 0 Å². The van der Waals surface area contributed by atoms with Crippen molar-refractivity contribution in [1.82, 2.24) is 10.3 Å². The molecule has 0 fully saturated rings. The summed E-state index contributed by atoms with van der Waals surface area (Å²) in [5.74, 6) is 1.59. The molecule has 1 heterocycles. The SMILES string of the molecule is COc1ccc(CNC(CN)Cc2cccnc2)c(OC)c1.